The maximum Gasteiger partial charge on any atom is 2.00 e. The van der Waals surface area contributed by atoms with Crippen molar-refractivity contribution < 1.29 is 17.1 Å². The molecular formula is C32H54Fe. The first-order valence-corrected chi connectivity index (χ1v) is 14.1. The summed E-state index contributed by atoms with van der Waals surface area (Å²) in [4.78, 5) is 0. The first kappa shape index (κ1) is 32.2. The third-order valence-corrected chi connectivity index (χ3v) is 7.47. The van der Waals surface area contributed by atoms with E-state index in [1.165, 1.54) is 77.0 Å². The minimum Gasteiger partial charge on any atom is -0.192 e. The Bertz CT molecular complexity index is 672. The van der Waals surface area contributed by atoms with Gasteiger partial charge in [-0.25, -0.2) is 0 Å². The van der Waals surface area contributed by atoms with Crippen LogP contribution in [-0.2, 0) is 81.3 Å². The predicted molar refractivity (Wildman–Crippen MR) is 147 cm³/mol. The summed E-state index contributed by atoms with van der Waals surface area (Å²) in [6.45, 7) is 23.1. The molecular weight excluding hydrogens is 440 g/mol. The smallest absolute Gasteiger partial charge is 0.192 e. The van der Waals surface area contributed by atoms with Crippen LogP contribution in [0.3, 0.4) is 0 Å². The van der Waals surface area contributed by atoms with E-state index in [0.717, 1.165) is 0 Å². The van der Waals surface area contributed by atoms with Gasteiger partial charge < -0.3 is 0 Å². The van der Waals surface area contributed by atoms with Crippen LogP contribution in [0.4, 0.5) is 0 Å². The summed E-state index contributed by atoms with van der Waals surface area (Å²) >= 11 is 0. The second kappa shape index (κ2) is 16.8. The number of hydrogen-bond acceptors (Lipinski definition) is 0. The summed E-state index contributed by atoms with van der Waals surface area (Å²) in [5, 5.41) is 0. The van der Waals surface area contributed by atoms with Gasteiger partial charge in [-0.1, -0.05) is 146 Å². The second-order valence-electron chi connectivity index (χ2n) is 9.11. The Labute approximate surface area is 218 Å². The third-order valence-electron chi connectivity index (χ3n) is 7.47. The zero-order valence-corrected chi connectivity index (χ0v) is 24.9. The molecule has 0 nitrogen and oxygen atoms in total. The molecule has 0 aromatic heterocycles. The molecule has 2 aromatic carbocycles. The van der Waals surface area contributed by atoms with Crippen LogP contribution in [0.2, 0.25) is 0 Å². The van der Waals surface area contributed by atoms with Crippen molar-refractivity contribution in [2.24, 2.45) is 0 Å². The van der Waals surface area contributed by atoms with Crippen LogP contribution in [0.5, 0.6) is 0 Å². The van der Waals surface area contributed by atoms with E-state index in [9.17, 15) is 0 Å². The van der Waals surface area contributed by atoms with E-state index in [4.69, 9.17) is 0 Å². The van der Waals surface area contributed by atoms with Gasteiger partial charge in [-0.15, -0.1) is 0 Å². The molecule has 0 spiro atoms. The molecule has 0 atom stereocenters. The van der Waals surface area contributed by atoms with Crippen molar-refractivity contribution in [3.8, 4) is 0 Å². The Morgan fingerprint density at radius 1 is 0.394 bits per heavy atom. The van der Waals surface area contributed by atoms with Crippen molar-refractivity contribution in [2.45, 2.75) is 146 Å². The van der Waals surface area contributed by atoms with Gasteiger partial charge in [0.15, 0.2) is 0 Å². The zero-order valence-electron chi connectivity index (χ0n) is 23.8. The van der Waals surface area contributed by atoms with Gasteiger partial charge >= 0.3 is 17.1 Å². The first-order valence-electron chi connectivity index (χ1n) is 14.1. The Morgan fingerprint density at radius 2 is 0.667 bits per heavy atom. The van der Waals surface area contributed by atoms with Gasteiger partial charge in [-0.3, -0.25) is 0 Å². The molecule has 0 unspecified atom stereocenters. The van der Waals surface area contributed by atoms with Crippen molar-refractivity contribution in [2.75, 3.05) is 0 Å². The molecule has 1 heteroatoms. The molecule has 0 N–H and O–H groups in total. The standard InChI is InChI=1S/2C16H27.Fe/c2*1-6-11-16-14(9-4)12(7-2)13(8-3)15(16)10-5;/h2*6-11H2,1-5H3;/q2*-1;+2. The minimum absolute atomic E-state index is 0. The second-order valence-corrected chi connectivity index (χ2v) is 9.11. The maximum atomic E-state index is 2.31. The zero-order chi connectivity index (χ0) is 24.3. The van der Waals surface area contributed by atoms with Crippen molar-refractivity contribution in [3.05, 3.63) is 55.6 Å². The van der Waals surface area contributed by atoms with Gasteiger partial charge in [0.1, 0.15) is 0 Å². The summed E-state index contributed by atoms with van der Waals surface area (Å²) in [6.07, 6.45) is 14.8. The fraction of sp³-hybridized carbons (Fsp3) is 0.688. The Morgan fingerprint density at radius 3 is 0.848 bits per heavy atom. The predicted octanol–water partition coefficient (Wildman–Crippen LogP) is 9.21. The van der Waals surface area contributed by atoms with Crippen molar-refractivity contribution in [1.29, 1.82) is 0 Å². The molecule has 0 saturated heterocycles. The fourth-order valence-corrected chi connectivity index (χ4v) is 6.34. The van der Waals surface area contributed by atoms with Gasteiger partial charge in [-0.2, -0.15) is 55.6 Å². The molecule has 0 aliphatic rings. The fourth-order valence-electron chi connectivity index (χ4n) is 6.34. The molecule has 0 bridgehead atoms. The van der Waals surface area contributed by atoms with Crippen molar-refractivity contribution in [3.63, 3.8) is 0 Å². The molecule has 2 aromatic rings. The quantitative estimate of drug-likeness (QED) is 0.204. The van der Waals surface area contributed by atoms with Crippen LogP contribution in [0.15, 0.2) is 0 Å². The molecule has 0 saturated carbocycles. The molecule has 33 heavy (non-hydrogen) atoms. The molecule has 0 aliphatic carbocycles. The maximum absolute atomic E-state index is 2.31. The van der Waals surface area contributed by atoms with E-state index < -0.39 is 0 Å². The van der Waals surface area contributed by atoms with Crippen molar-refractivity contribution in [1.82, 2.24) is 0 Å². The average Bonchev–Trinajstić information content (AvgIpc) is 3.29. The molecule has 0 radical (unpaired) electrons. The van der Waals surface area contributed by atoms with Gasteiger partial charge in [0, 0.05) is 0 Å². The molecule has 190 valence electrons. The molecule has 0 aliphatic heterocycles. The van der Waals surface area contributed by atoms with E-state index in [1.807, 2.05) is 0 Å². The van der Waals surface area contributed by atoms with Crippen LogP contribution in [0, 0.1) is 0 Å². The van der Waals surface area contributed by atoms with E-state index >= 15 is 0 Å². The van der Waals surface area contributed by atoms with E-state index in [0.29, 0.717) is 0 Å². The normalized spacial score (nSPS) is 10.7. The van der Waals surface area contributed by atoms with Gasteiger partial charge in [-0.05, 0) is 0 Å². The minimum atomic E-state index is 0. The molecule has 2 rings (SSSR count). The van der Waals surface area contributed by atoms with Crippen LogP contribution >= 0.6 is 0 Å². The summed E-state index contributed by atoms with van der Waals surface area (Å²) in [5.74, 6) is 0. The van der Waals surface area contributed by atoms with Crippen LogP contribution in [0.1, 0.15) is 138 Å². The van der Waals surface area contributed by atoms with E-state index in [-0.39, 0.29) is 17.1 Å². The molecule has 0 fully saturated rings. The topological polar surface area (TPSA) is 0 Å². The Kier molecular flexibility index (Phi) is 16.4. The van der Waals surface area contributed by atoms with E-state index in [1.54, 1.807) is 55.6 Å². The monoisotopic (exact) mass is 494 g/mol. The average molecular weight is 495 g/mol. The Hall–Kier alpha value is -0.781. The summed E-state index contributed by atoms with van der Waals surface area (Å²) < 4.78 is 0. The van der Waals surface area contributed by atoms with Crippen LogP contribution < -0.4 is 0 Å². The summed E-state index contributed by atoms with van der Waals surface area (Å²) in [7, 11) is 0. The van der Waals surface area contributed by atoms with Gasteiger partial charge in [0.05, 0.1) is 0 Å². The van der Waals surface area contributed by atoms with Gasteiger partial charge in [0.25, 0.3) is 0 Å². The molecule has 0 amide bonds. The van der Waals surface area contributed by atoms with Crippen LogP contribution in [-0.4, -0.2) is 0 Å². The summed E-state index contributed by atoms with van der Waals surface area (Å²) in [6, 6.07) is 0. The number of hydrogen-bond donors (Lipinski definition) is 0. The van der Waals surface area contributed by atoms with Crippen LogP contribution in [0.25, 0.3) is 0 Å². The Balaban J connectivity index is 0.000000602. The molecule has 0 heterocycles. The first-order chi connectivity index (χ1) is 15.5. The van der Waals surface area contributed by atoms with E-state index in [2.05, 4.69) is 69.2 Å². The summed E-state index contributed by atoms with van der Waals surface area (Å²) in [5.41, 5.74) is 16.8. The van der Waals surface area contributed by atoms with Crippen molar-refractivity contribution >= 4 is 0 Å². The SMILES string of the molecule is CCCc1c(CC)c(CC)c(CC)[c-]1CC.CCCc1c(CC)c(CC)c(CC)[c-]1CC.[Fe+2]. The number of rotatable bonds is 12. The third kappa shape index (κ3) is 7.11. The largest absolute Gasteiger partial charge is 2.00 e. The van der Waals surface area contributed by atoms with Gasteiger partial charge in [0.2, 0.25) is 0 Å².